The van der Waals surface area contributed by atoms with Gasteiger partial charge < -0.3 is 15.8 Å². The van der Waals surface area contributed by atoms with Crippen molar-refractivity contribution < 1.29 is 18.3 Å². The van der Waals surface area contributed by atoms with Gasteiger partial charge in [0.1, 0.15) is 10.6 Å². The van der Waals surface area contributed by atoms with Gasteiger partial charge in [-0.1, -0.05) is 0 Å². The number of hydrogen-bond acceptors (Lipinski definition) is 4. The average molecular weight is 233 g/mol. The van der Waals surface area contributed by atoms with Crippen LogP contribution in [0, 0.1) is 0 Å². The smallest absolute Gasteiger partial charge is 0.352 e. The molecule has 8 heteroatoms. The Kier molecular flexibility index (Phi) is 3.45. The first-order valence-corrected chi connectivity index (χ1v) is 5.57. The van der Waals surface area contributed by atoms with E-state index in [4.69, 9.17) is 10.8 Å². The van der Waals surface area contributed by atoms with Crippen LogP contribution in [0.25, 0.3) is 0 Å². The van der Waals surface area contributed by atoms with Gasteiger partial charge in [0.2, 0.25) is 10.0 Å². The lowest BCUT2D eigenvalue weighted by Gasteiger charge is -2.01. The summed E-state index contributed by atoms with van der Waals surface area (Å²) in [5.41, 5.74) is 4.96. The third-order valence-electron chi connectivity index (χ3n) is 1.63. The highest BCUT2D eigenvalue weighted by Crippen LogP contribution is 2.09. The Morgan fingerprint density at radius 2 is 2.27 bits per heavy atom. The van der Waals surface area contributed by atoms with Gasteiger partial charge in [0, 0.05) is 19.3 Å². The Balaban J connectivity index is 2.91. The molecule has 0 aliphatic rings. The monoisotopic (exact) mass is 233 g/mol. The molecule has 5 N–H and O–H groups in total. The molecule has 0 saturated heterocycles. The first-order chi connectivity index (χ1) is 6.97. The summed E-state index contributed by atoms with van der Waals surface area (Å²) in [5, 5.41) is 8.57. The third kappa shape index (κ3) is 2.78. The molecule has 1 rings (SSSR count). The first-order valence-electron chi connectivity index (χ1n) is 4.09. The average Bonchev–Trinajstić information content (AvgIpc) is 2.64. The van der Waals surface area contributed by atoms with E-state index in [0.717, 1.165) is 12.3 Å². The van der Waals surface area contributed by atoms with Gasteiger partial charge in [-0.05, 0) is 6.07 Å². The lowest BCUT2D eigenvalue weighted by atomic mass is 10.4. The zero-order valence-electron chi connectivity index (χ0n) is 7.73. The molecular weight excluding hydrogens is 222 g/mol. The van der Waals surface area contributed by atoms with Crippen LogP contribution in [0.15, 0.2) is 17.2 Å². The molecule has 0 amide bonds. The molecular formula is C7H11N3O4S. The van der Waals surface area contributed by atoms with Gasteiger partial charge in [-0.2, -0.15) is 0 Å². The van der Waals surface area contributed by atoms with Crippen molar-refractivity contribution in [3.63, 3.8) is 0 Å². The second-order valence-electron chi connectivity index (χ2n) is 2.74. The van der Waals surface area contributed by atoms with Crippen molar-refractivity contribution in [3.05, 3.63) is 18.0 Å². The second-order valence-corrected chi connectivity index (χ2v) is 4.51. The highest BCUT2D eigenvalue weighted by atomic mass is 32.2. The van der Waals surface area contributed by atoms with Crippen LogP contribution in [0.3, 0.4) is 0 Å². The summed E-state index contributed by atoms with van der Waals surface area (Å²) in [6.07, 6.45) is 1.11. The van der Waals surface area contributed by atoms with E-state index in [1.807, 2.05) is 0 Å². The van der Waals surface area contributed by atoms with Gasteiger partial charge >= 0.3 is 5.97 Å². The van der Waals surface area contributed by atoms with Crippen molar-refractivity contribution in [2.75, 3.05) is 13.1 Å². The maximum atomic E-state index is 11.4. The minimum Gasteiger partial charge on any atom is -0.477 e. The van der Waals surface area contributed by atoms with Crippen LogP contribution in [0.5, 0.6) is 0 Å². The number of sulfonamides is 1. The molecule has 0 saturated carbocycles. The summed E-state index contributed by atoms with van der Waals surface area (Å²) in [5.74, 6) is -1.21. The fourth-order valence-corrected chi connectivity index (χ4v) is 1.97. The van der Waals surface area contributed by atoms with Crippen molar-refractivity contribution >= 4 is 16.0 Å². The minimum atomic E-state index is -3.66. The zero-order valence-corrected chi connectivity index (χ0v) is 8.54. The number of aromatic carboxylic acids is 1. The van der Waals surface area contributed by atoms with Crippen molar-refractivity contribution in [1.82, 2.24) is 9.71 Å². The lowest BCUT2D eigenvalue weighted by Crippen LogP contribution is -2.28. The molecule has 84 valence electrons. The summed E-state index contributed by atoms with van der Waals surface area (Å²) in [4.78, 5) is 12.7. The highest BCUT2D eigenvalue weighted by molar-refractivity contribution is 7.89. The van der Waals surface area contributed by atoms with E-state index < -0.39 is 16.0 Å². The van der Waals surface area contributed by atoms with Crippen LogP contribution in [0.2, 0.25) is 0 Å². The Bertz CT molecular complexity index is 451. The number of nitrogens with two attached hydrogens (primary N) is 1. The Morgan fingerprint density at radius 3 is 2.73 bits per heavy atom. The number of rotatable bonds is 5. The quantitative estimate of drug-likeness (QED) is 0.516. The summed E-state index contributed by atoms with van der Waals surface area (Å²) >= 11 is 0. The highest BCUT2D eigenvalue weighted by Gasteiger charge is 2.17. The van der Waals surface area contributed by atoms with E-state index in [-0.39, 0.29) is 23.7 Å². The van der Waals surface area contributed by atoms with Crippen LogP contribution in [-0.2, 0) is 10.0 Å². The van der Waals surface area contributed by atoms with Crippen molar-refractivity contribution in [2.24, 2.45) is 5.73 Å². The number of carboxylic acid groups (broad SMARTS) is 1. The van der Waals surface area contributed by atoms with Gasteiger partial charge in [-0.3, -0.25) is 0 Å². The summed E-state index contributed by atoms with van der Waals surface area (Å²) in [7, 11) is -3.66. The number of H-pyrrole nitrogens is 1. The van der Waals surface area contributed by atoms with Crippen LogP contribution >= 0.6 is 0 Å². The molecule has 7 nitrogen and oxygen atoms in total. The summed E-state index contributed by atoms with van der Waals surface area (Å²) in [6.45, 7) is 0.283. The van der Waals surface area contributed by atoms with Gasteiger partial charge in [-0.15, -0.1) is 0 Å². The van der Waals surface area contributed by atoms with Crippen LogP contribution < -0.4 is 10.5 Å². The molecule has 0 radical (unpaired) electrons. The van der Waals surface area contributed by atoms with Crippen LogP contribution in [0.4, 0.5) is 0 Å². The molecule has 0 unspecified atom stereocenters. The van der Waals surface area contributed by atoms with E-state index in [1.165, 1.54) is 0 Å². The zero-order chi connectivity index (χ0) is 11.5. The van der Waals surface area contributed by atoms with Crippen molar-refractivity contribution in [3.8, 4) is 0 Å². The van der Waals surface area contributed by atoms with Gasteiger partial charge in [0.05, 0.1) is 0 Å². The van der Waals surface area contributed by atoms with E-state index in [9.17, 15) is 13.2 Å². The van der Waals surface area contributed by atoms with E-state index in [2.05, 4.69) is 9.71 Å². The molecule has 0 aliphatic carbocycles. The maximum absolute atomic E-state index is 11.4. The van der Waals surface area contributed by atoms with E-state index in [0.29, 0.717) is 0 Å². The van der Waals surface area contributed by atoms with E-state index >= 15 is 0 Å². The fraction of sp³-hybridized carbons (Fsp3) is 0.286. The standard InChI is InChI=1S/C7H11N3O4S/c8-1-2-10-15(13,14)5-3-6(7(11)12)9-4-5/h3-4,9-10H,1-2,8H2,(H,11,12). The molecule has 0 spiro atoms. The number of carboxylic acids is 1. The molecule has 0 fully saturated rings. The van der Waals surface area contributed by atoms with Crippen LogP contribution in [-0.4, -0.2) is 37.6 Å². The molecule has 0 atom stereocenters. The van der Waals surface area contributed by atoms with Crippen molar-refractivity contribution in [2.45, 2.75) is 4.90 Å². The number of nitrogens with one attached hydrogen (secondary N) is 2. The molecule has 0 bridgehead atoms. The summed E-state index contributed by atoms with van der Waals surface area (Å²) < 4.78 is 25.1. The van der Waals surface area contributed by atoms with Gasteiger partial charge in [0.15, 0.2) is 0 Å². The molecule has 0 aromatic carbocycles. The Hall–Kier alpha value is -1.38. The predicted molar refractivity (Wildman–Crippen MR) is 52.0 cm³/mol. The van der Waals surface area contributed by atoms with Gasteiger partial charge in [0.25, 0.3) is 0 Å². The van der Waals surface area contributed by atoms with Gasteiger partial charge in [-0.25, -0.2) is 17.9 Å². The number of aromatic nitrogens is 1. The normalized spacial score (nSPS) is 11.5. The molecule has 15 heavy (non-hydrogen) atoms. The van der Waals surface area contributed by atoms with E-state index in [1.54, 1.807) is 0 Å². The largest absolute Gasteiger partial charge is 0.477 e. The topological polar surface area (TPSA) is 125 Å². The molecule has 1 aromatic heterocycles. The van der Waals surface area contributed by atoms with Crippen molar-refractivity contribution in [1.29, 1.82) is 0 Å². The molecule has 0 aliphatic heterocycles. The number of aromatic amines is 1. The number of hydrogen-bond donors (Lipinski definition) is 4. The minimum absolute atomic E-state index is 0.107. The molecule has 1 aromatic rings. The Labute approximate surface area is 86.3 Å². The second kappa shape index (κ2) is 4.43. The fourth-order valence-electron chi connectivity index (χ4n) is 0.930. The number of carbonyl (C=O) groups is 1. The predicted octanol–water partition coefficient (Wildman–Crippen LogP) is -1.05. The van der Waals surface area contributed by atoms with Crippen LogP contribution in [0.1, 0.15) is 10.5 Å². The lowest BCUT2D eigenvalue weighted by molar-refractivity contribution is 0.0691. The SMILES string of the molecule is NCCNS(=O)(=O)c1c[nH]c(C(=O)O)c1. The Morgan fingerprint density at radius 1 is 1.60 bits per heavy atom. The first kappa shape index (κ1) is 11.7. The third-order valence-corrected chi connectivity index (χ3v) is 3.07. The summed E-state index contributed by atoms with van der Waals surface area (Å²) in [6, 6.07) is 1.04. The molecule has 1 heterocycles. The maximum Gasteiger partial charge on any atom is 0.352 e.